The third kappa shape index (κ3) is 4.36. The molecule has 1 aliphatic carbocycles. The van der Waals surface area contributed by atoms with Gasteiger partial charge in [0, 0.05) is 12.0 Å². The molecule has 5 heteroatoms. The summed E-state index contributed by atoms with van der Waals surface area (Å²) in [7, 11) is 0. The van der Waals surface area contributed by atoms with Gasteiger partial charge in [-0.05, 0) is 25.0 Å². The van der Waals surface area contributed by atoms with Crippen LogP contribution < -0.4 is 10.1 Å². The first kappa shape index (κ1) is 15.6. The second-order valence-corrected chi connectivity index (χ2v) is 5.75. The van der Waals surface area contributed by atoms with Gasteiger partial charge in [0.2, 0.25) is 0 Å². The molecule has 3 N–H and O–H groups in total. The van der Waals surface area contributed by atoms with Crippen molar-refractivity contribution in [2.45, 2.75) is 32.1 Å². The first-order valence-electron chi connectivity index (χ1n) is 7.44. The summed E-state index contributed by atoms with van der Waals surface area (Å²) in [6.07, 6.45) is 5.30. The molecule has 21 heavy (non-hydrogen) atoms. The zero-order chi connectivity index (χ0) is 15.1. The molecule has 0 aromatic heterocycles. The van der Waals surface area contributed by atoms with Crippen molar-refractivity contribution < 1.29 is 19.7 Å². The maximum Gasteiger partial charge on any atom is 0.257 e. The predicted octanol–water partition coefficient (Wildman–Crippen LogP) is 1.83. The van der Waals surface area contributed by atoms with E-state index < -0.39 is 0 Å². The van der Waals surface area contributed by atoms with Crippen LogP contribution in [0.3, 0.4) is 0 Å². The van der Waals surface area contributed by atoms with Crippen LogP contribution in [0.15, 0.2) is 24.3 Å². The molecule has 1 amide bonds. The van der Waals surface area contributed by atoms with Crippen molar-refractivity contribution in [1.29, 1.82) is 0 Å². The first-order valence-corrected chi connectivity index (χ1v) is 7.44. The van der Waals surface area contributed by atoms with Gasteiger partial charge in [-0.15, -0.1) is 0 Å². The van der Waals surface area contributed by atoms with Gasteiger partial charge in [0.15, 0.2) is 18.1 Å². The summed E-state index contributed by atoms with van der Waals surface area (Å²) in [6, 6.07) is 6.54. The standard InChI is InChI=1S/C16H23NO4/c18-12-16(8-4-1-5-9-16)11-17-15(20)10-21-14-7-3-2-6-13(14)19/h2-3,6-7,18-19H,1,4-5,8-12H2,(H,17,20). The predicted molar refractivity (Wildman–Crippen MR) is 79.2 cm³/mol. The number of aliphatic hydroxyl groups excluding tert-OH is 1. The highest BCUT2D eigenvalue weighted by molar-refractivity contribution is 5.77. The Morgan fingerprint density at radius 3 is 2.62 bits per heavy atom. The van der Waals surface area contributed by atoms with Crippen molar-refractivity contribution in [3.63, 3.8) is 0 Å². The van der Waals surface area contributed by atoms with E-state index in [-0.39, 0.29) is 30.3 Å². The molecule has 1 aromatic carbocycles. The van der Waals surface area contributed by atoms with Crippen molar-refractivity contribution in [3.8, 4) is 11.5 Å². The molecule has 1 fully saturated rings. The van der Waals surface area contributed by atoms with E-state index in [1.807, 2.05) is 0 Å². The number of rotatable bonds is 6. The molecular weight excluding hydrogens is 270 g/mol. The number of carbonyl (C=O) groups is 1. The Bertz CT molecular complexity index is 469. The van der Waals surface area contributed by atoms with Crippen LogP contribution >= 0.6 is 0 Å². The van der Waals surface area contributed by atoms with Crippen LogP contribution in [0, 0.1) is 5.41 Å². The number of phenols is 1. The van der Waals surface area contributed by atoms with E-state index in [2.05, 4.69) is 5.32 Å². The molecule has 0 atom stereocenters. The fourth-order valence-corrected chi connectivity index (χ4v) is 2.75. The second-order valence-electron chi connectivity index (χ2n) is 5.75. The number of benzene rings is 1. The molecule has 2 rings (SSSR count). The Balaban J connectivity index is 1.78. The zero-order valence-corrected chi connectivity index (χ0v) is 12.2. The minimum absolute atomic E-state index is 0.0180. The average Bonchev–Trinajstić information content (AvgIpc) is 2.53. The van der Waals surface area contributed by atoms with E-state index >= 15 is 0 Å². The lowest BCUT2D eigenvalue weighted by Crippen LogP contribution is -2.42. The molecule has 0 radical (unpaired) electrons. The number of amides is 1. The summed E-state index contributed by atoms with van der Waals surface area (Å²) in [4.78, 5) is 11.8. The fraction of sp³-hybridized carbons (Fsp3) is 0.562. The second kappa shape index (κ2) is 7.31. The number of ether oxygens (including phenoxy) is 1. The Hall–Kier alpha value is -1.75. The van der Waals surface area contributed by atoms with Crippen molar-refractivity contribution in [2.75, 3.05) is 19.8 Å². The van der Waals surface area contributed by atoms with Gasteiger partial charge in [-0.2, -0.15) is 0 Å². The van der Waals surface area contributed by atoms with Crippen LogP contribution in [-0.2, 0) is 4.79 Å². The molecule has 0 spiro atoms. The number of nitrogens with one attached hydrogen (secondary N) is 1. The van der Waals surface area contributed by atoms with E-state index in [1.54, 1.807) is 18.2 Å². The first-order chi connectivity index (χ1) is 10.2. The highest BCUT2D eigenvalue weighted by atomic mass is 16.5. The molecule has 1 saturated carbocycles. The van der Waals surface area contributed by atoms with Crippen LogP contribution in [0.5, 0.6) is 11.5 Å². The summed E-state index contributed by atoms with van der Waals surface area (Å²) in [6.45, 7) is 0.444. The molecule has 116 valence electrons. The SMILES string of the molecule is O=C(COc1ccccc1O)NCC1(CO)CCCCC1. The lowest BCUT2D eigenvalue weighted by atomic mass is 9.74. The van der Waals surface area contributed by atoms with Crippen molar-refractivity contribution in [3.05, 3.63) is 24.3 Å². The molecule has 5 nitrogen and oxygen atoms in total. The van der Waals surface area contributed by atoms with Gasteiger partial charge in [-0.3, -0.25) is 4.79 Å². The van der Waals surface area contributed by atoms with E-state index in [9.17, 15) is 15.0 Å². The van der Waals surface area contributed by atoms with Crippen LogP contribution in [-0.4, -0.2) is 35.9 Å². The number of aromatic hydroxyl groups is 1. The molecule has 0 heterocycles. The van der Waals surface area contributed by atoms with E-state index in [0.717, 1.165) is 25.7 Å². The summed E-state index contributed by atoms with van der Waals surface area (Å²) in [5, 5.41) is 22.0. The van der Waals surface area contributed by atoms with E-state index in [4.69, 9.17) is 4.74 Å². The smallest absolute Gasteiger partial charge is 0.257 e. The fourth-order valence-electron chi connectivity index (χ4n) is 2.75. The lowest BCUT2D eigenvalue weighted by Gasteiger charge is -2.35. The zero-order valence-electron chi connectivity index (χ0n) is 12.2. The lowest BCUT2D eigenvalue weighted by molar-refractivity contribution is -0.124. The number of carbonyl (C=O) groups excluding carboxylic acids is 1. The minimum Gasteiger partial charge on any atom is -0.504 e. The maximum absolute atomic E-state index is 11.8. The van der Waals surface area contributed by atoms with E-state index in [1.165, 1.54) is 12.5 Å². The Kier molecular flexibility index (Phi) is 5.44. The number of aliphatic hydroxyl groups is 1. The van der Waals surface area contributed by atoms with Crippen molar-refractivity contribution in [2.24, 2.45) is 5.41 Å². The summed E-state index contributed by atoms with van der Waals surface area (Å²) >= 11 is 0. The molecule has 0 bridgehead atoms. The normalized spacial score (nSPS) is 17.2. The molecule has 1 aromatic rings. The Morgan fingerprint density at radius 1 is 1.24 bits per heavy atom. The number of para-hydroxylation sites is 2. The molecule has 1 aliphatic rings. The Labute approximate surface area is 124 Å². The topological polar surface area (TPSA) is 78.8 Å². The molecule has 0 unspecified atom stereocenters. The highest BCUT2D eigenvalue weighted by Crippen LogP contribution is 2.35. The largest absolute Gasteiger partial charge is 0.504 e. The van der Waals surface area contributed by atoms with E-state index in [0.29, 0.717) is 12.3 Å². The van der Waals surface area contributed by atoms with Gasteiger partial charge in [0.1, 0.15) is 0 Å². The number of hydrogen-bond donors (Lipinski definition) is 3. The molecular formula is C16H23NO4. The Morgan fingerprint density at radius 2 is 1.95 bits per heavy atom. The summed E-state index contributed by atoms with van der Waals surface area (Å²) < 4.78 is 5.28. The van der Waals surface area contributed by atoms with Gasteiger partial charge in [0.05, 0.1) is 6.61 Å². The summed E-state index contributed by atoms with van der Waals surface area (Å²) in [5.41, 5.74) is -0.178. The van der Waals surface area contributed by atoms with Gasteiger partial charge < -0.3 is 20.3 Å². The van der Waals surface area contributed by atoms with Crippen LogP contribution in [0.25, 0.3) is 0 Å². The van der Waals surface area contributed by atoms with Gasteiger partial charge in [0.25, 0.3) is 5.91 Å². The molecule has 0 saturated heterocycles. The average molecular weight is 293 g/mol. The number of hydrogen-bond acceptors (Lipinski definition) is 4. The monoisotopic (exact) mass is 293 g/mol. The van der Waals surface area contributed by atoms with Gasteiger partial charge >= 0.3 is 0 Å². The van der Waals surface area contributed by atoms with Crippen LogP contribution in [0.2, 0.25) is 0 Å². The quantitative estimate of drug-likeness (QED) is 0.747. The van der Waals surface area contributed by atoms with Crippen LogP contribution in [0.1, 0.15) is 32.1 Å². The van der Waals surface area contributed by atoms with Crippen molar-refractivity contribution >= 4 is 5.91 Å². The van der Waals surface area contributed by atoms with Gasteiger partial charge in [-0.25, -0.2) is 0 Å². The van der Waals surface area contributed by atoms with Crippen LogP contribution in [0.4, 0.5) is 0 Å². The van der Waals surface area contributed by atoms with Crippen molar-refractivity contribution in [1.82, 2.24) is 5.32 Å². The van der Waals surface area contributed by atoms with Gasteiger partial charge in [-0.1, -0.05) is 31.4 Å². The highest BCUT2D eigenvalue weighted by Gasteiger charge is 2.31. The maximum atomic E-state index is 11.8. The number of phenolic OH excluding ortho intramolecular Hbond substituents is 1. The third-order valence-electron chi connectivity index (χ3n) is 4.13. The molecule has 0 aliphatic heterocycles. The minimum atomic E-state index is -0.239. The third-order valence-corrected chi connectivity index (χ3v) is 4.13. The summed E-state index contributed by atoms with van der Waals surface area (Å²) in [5.74, 6) is 0.0725.